The molecular formula is C14H19N5O3. The largest absolute Gasteiger partial charge is 0.408 e. The molecule has 0 aliphatic carbocycles. The van der Waals surface area contributed by atoms with Crippen LogP contribution in [-0.2, 0) is 11.2 Å². The summed E-state index contributed by atoms with van der Waals surface area (Å²) in [6, 6.07) is 7.59. The minimum Gasteiger partial charge on any atom is -0.408 e. The SMILES string of the molecule is CN(CC(=O)On1cc(CCN)c2ccccc21)C(N)=NO. The average Bonchev–Trinajstić information content (AvgIpc) is 2.85. The van der Waals surface area contributed by atoms with Crippen LogP contribution in [0.25, 0.3) is 10.9 Å². The van der Waals surface area contributed by atoms with E-state index in [9.17, 15) is 4.79 Å². The third kappa shape index (κ3) is 3.29. The van der Waals surface area contributed by atoms with Gasteiger partial charge in [-0.1, -0.05) is 23.4 Å². The van der Waals surface area contributed by atoms with Crippen molar-refractivity contribution in [2.75, 3.05) is 20.1 Å². The summed E-state index contributed by atoms with van der Waals surface area (Å²) < 4.78 is 1.42. The lowest BCUT2D eigenvalue weighted by molar-refractivity contribution is -0.143. The Bertz CT molecular complexity index is 695. The van der Waals surface area contributed by atoms with E-state index in [1.807, 2.05) is 24.3 Å². The topological polar surface area (TPSA) is 119 Å². The summed E-state index contributed by atoms with van der Waals surface area (Å²) in [5, 5.41) is 12.4. The maximum Gasteiger partial charge on any atom is 0.352 e. The molecule has 0 saturated heterocycles. The number of guanidine groups is 1. The number of rotatable bonds is 5. The number of oxime groups is 1. The van der Waals surface area contributed by atoms with Crippen LogP contribution in [-0.4, -0.2) is 46.9 Å². The Kier molecular flexibility index (Phi) is 4.84. The number of fused-ring (bicyclic) bond motifs is 1. The smallest absolute Gasteiger partial charge is 0.352 e. The molecule has 0 saturated carbocycles. The lowest BCUT2D eigenvalue weighted by Gasteiger charge is -2.15. The third-order valence-corrected chi connectivity index (χ3v) is 3.23. The van der Waals surface area contributed by atoms with Crippen molar-refractivity contribution in [2.45, 2.75) is 6.42 Å². The fraction of sp³-hybridized carbons (Fsp3) is 0.286. The fourth-order valence-corrected chi connectivity index (χ4v) is 2.14. The van der Waals surface area contributed by atoms with Crippen LogP contribution in [0, 0.1) is 0 Å². The van der Waals surface area contributed by atoms with Crippen LogP contribution >= 0.6 is 0 Å². The first kappa shape index (κ1) is 15.6. The highest BCUT2D eigenvalue weighted by Gasteiger charge is 2.14. The monoisotopic (exact) mass is 305 g/mol. The Morgan fingerprint density at radius 1 is 1.45 bits per heavy atom. The van der Waals surface area contributed by atoms with E-state index in [0.717, 1.165) is 16.5 Å². The molecule has 1 aromatic heterocycles. The highest BCUT2D eigenvalue weighted by Crippen LogP contribution is 2.20. The molecule has 1 aromatic carbocycles. The first-order valence-electron chi connectivity index (χ1n) is 6.75. The van der Waals surface area contributed by atoms with Gasteiger partial charge in [0.2, 0.25) is 5.96 Å². The van der Waals surface area contributed by atoms with Crippen molar-refractivity contribution in [3.8, 4) is 0 Å². The summed E-state index contributed by atoms with van der Waals surface area (Å²) in [6.07, 6.45) is 2.44. The molecule has 2 rings (SSSR count). The molecule has 118 valence electrons. The highest BCUT2D eigenvalue weighted by molar-refractivity contribution is 5.85. The van der Waals surface area contributed by atoms with Crippen molar-refractivity contribution in [1.82, 2.24) is 9.63 Å². The summed E-state index contributed by atoms with van der Waals surface area (Å²) in [5.41, 5.74) is 12.8. The van der Waals surface area contributed by atoms with Gasteiger partial charge in [0, 0.05) is 18.6 Å². The molecule has 0 amide bonds. The maximum atomic E-state index is 12.0. The number of benzene rings is 1. The summed E-state index contributed by atoms with van der Waals surface area (Å²) >= 11 is 0. The van der Waals surface area contributed by atoms with Gasteiger partial charge in [0.25, 0.3) is 0 Å². The van der Waals surface area contributed by atoms with Gasteiger partial charge in [0.05, 0.1) is 5.52 Å². The molecule has 2 aromatic rings. The number of nitrogens with zero attached hydrogens (tertiary/aromatic N) is 3. The number of hydrogen-bond donors (Lipinski definition) is 3. The quantitative estimate of drug-likeness (QED) is 0.303. The van der Waals surface area contributed by atoms with E-state index >= 15 is 0 Å². The standard InChI is InChI=1S/C14H19N5O3/c1-18(14(16)17-21)9-13(20)22-19-8-10(6-7-15)11-4-2-3-5-12(11)19/h2-5,8,21H,6-7,9,15H2,1H3,(H2,16,17). The molecule has 0 unspecified atom stereocenters. The van der Waals surface area contributed by atoms with Crippen LogP contribution in [0.3, 0.4) is 0 Å². The number of carbonyl (C=O) groups is 1. The van der Waals surface area contributed by atoms with Crippen molar-refractivity contribution in [3.05, 3.63) is 36.0 Å². The number of hydrogen-bond acceptors (Lipinski definition) is 5. The fourth-order valence-electron chi connectivity index (χ4n) is 2.14. The van der Waals surface area contributed by atoms with Crippen molar-refractivity contribution >= 4 is 22.8 Å². The summed E-state index contributed by atoms with van der Waals surface area (Å²) in [5.74, 6) is -0.702. The van der Waals surface area contributed by atoms with Gasteiger partial charge in [-0.2, -0.15) is 4.73 Å². The van der Waals surface area contributed by atoms with Gasteiger partial charge in [0.15, 0.2) is 0 Å². The van der Waals surface area contributed by atoms with Crippen LogP contribution in [0.15, 0.2) is 35.6 Å². The van der Waals surface area contributed by atoms with E-state index in [4.69, 9.17) is 21.5 Å². The molecule has 0 atom stereocenters. The highest BCUT2D eigenvalue weighted by atomic mass is 16.7. The van der Waals surface area contributed by atoms with Crippen LogP contribution in [0.1, 0.15) is 5.56 Å². The Hall–Kier alpha value is -2.74. The second-order valence-corrected chi connectivity index (χ2v) is 4.81. The molecule has 0 radical (unpaired) electrons. The molecule has 8 nitrogen and oxygen atoms in total. The molecule has 1 heterocycles. The second-order valence-electron chi connectivity index (χ2n) is 4.81. The molecule has 0 aliphatic heterocycles. The minimum atomic E-state index is -0.533. The van der Waals surface area contributed by atoms with Gasteiger partial charge in [0.1, 0.15) is 6.54 Å². The first-order valence-corrected chi connectivity index (χ1v) is 6.75. The number of nitrogens with two attached hydrogens (primary N) is 2. The first-order chi connectivity index (χ1) is 10.6. The Balaban J connectivity index is 2.19. The van der Waals surface area contributed by atoms with Gasteiger partial charge in [-0.3, -0.25) is 0 Å². The van der Waals surface area contributed by atoms with Crippen LogP contribution in [0.2, 0.25) is 0 Å². The van der Waals surface area contributed by atoms with Gasteiger partial charge in [-0.05, 0) is 24.6 Å². The number of para-hydroxylation sites is 1. The average molecular weight is 305 g/mol. The van der Waals surface area contributed by atoms with Crippen molar-refractivity contribution < 1.29 is 14.8 Å². The normalized spacial score (nSPS) is 11.6. The van der Waals surface area contributed by atoms with E-state index in [-0.39, 0.29) is 12.5 Å². The predicted octanol–water partition coefficient (Wildman–Crippen LogP) is -0.267. The van der Waals surface area contributed by atoms with Crippen LogP contribution < -0.4 is 16.3 Å². The van der Waals surface area contributed by atoms with E-state index in [1.54, 1.807) is 6.20 Å². The molecule has 0 spiro atoms. The Morgan fingerprint density at radius 2 is 2.18 bits per heavy atom. The molecule has 5 N–H and O–H groups in total. The maximum absolute atomic E-state index is 12.0. The lowest BCUT2D eigenvalue weighted by atomic mass is 10.1. The summed E-state index contributed by atoms with van der Waals surface area (Å²) in [7, 11) is 1.52. The van der Waals surface area contributed by atoms with Gasteiger partial charge >= 0.3 is 5.97 Å². The minimum absolute atomic E-state index is 0.144. The summed E-state index contributed by atoms with van der Waals surface area (Å²) in [4.78, 5) is 18.5. The van der Waals surface area contributed by atoms with Crippen LogP contribution in [0.4, 0.5) is 0 Å². The van der Waals surface area contributed by atoms with E-state index in [1.165, 1.54) is 16.7 Å². The second kappa shape index (κ2) is 6.81. The summed E-state index contributed by atoms with van der Waals surface area (Å²) in [6.45, 7) is 0.364. The van der Waals surface area contributed by atoms with Gasteiger partial charge in [-0.25, -0.2) is 4.79 Å². The number of likely N-dealkylation sites (N-methyl/N-ethyl adjacent to an activating group) is 1. The zero-order valence-corrected chi connectivity index (χ0v) is 12.3. The van der Waals surface area contributed by atoms with Gasteiger partial charge in [-0.15, -0.1) is 0 Å². The van der Waals surface area contributed by atoms with Crippen molar-refractivity contribution in [3.63, 3.8) is 0 Å². The zero-order valence-electron chi connectivity index (χ0n) is 12.3. The van der Waals surface area contributed by atoms with Gasteiger partial charge < -0.3 is 26.4 Å². The molecule has 22 heavy (non-hydrogen) atoms. The van der Waals surface area contributed by atoms with Crippen molar-refractivity contribution in [2.24, 2.45) is 16.6 Å². The molecule has 0 fully saturated rings. The Labute approximate surface area is 127 Å². The lowest BCUT2D eigenvalue weighted by Crippen LogP contribution is -2.40. The molecule has 0 bridgehead atoms. The van der Waals surface area contributed by atoms with Crippen molar-refractivity contribution in [1.29, 1.82) is 0 Å². The molecule has 0 aliphatic rings. The number of aromatic nitrogens is 1. The Morgan fingerprint density at radius 3 is 2.86 bits per heavy atom. The zero-order chi connectivity index (χ0) is 16.1. The molecular weight excluding hydrogens is 286 g/mol. The van der Waals surface area contributed by atoms with E-state index in [0.29, 0.717) is 13.0 Å². The number of carbonyl (C=O) groups excluding carboxylic acids is 1. The molecule has 8 heteroatoms. The van der Waals surface area contributed by atoms with E-state index in [2.05, 4.69) is 5.16 Å². The predicted molar refractivity (Wildman–Crippen MR) is 82.3 cm³/mol. The van der Waals surface area contributed by atoms with Crippen LogP contribution in [0.5, 0.6) is 0 Å². The van der Waals surface area contributed by atoms with E-state index < -0.39 is 5.97 Å². The third-order valence-electron chi connectivity index (χ3n) is 3.23.